The van der Waals surface area contributed by atoms with Crippen LogP contribution in [0.4, 0.5) is 0 Å². The molecular weight excluding hydrogens is 336 g/mol. The topological polar surface area (TPSA) is 47.9 Å². The molecule has 0 atom stereocenters. The third kappa shape index (κ3) is 6.45. The first-order valence-corrected chi connectivity index (χ1v) is 7.93. The van der Waals surface area contributed by atoms with E-state index < -0.39 is 5.60 Å². The van der Waals surface area contributed by atoms with E-state index >= 15 is 0 Å². The van der Waals surface area contributed by atoms with Crippen molar-refractivity contribution < 1.29 is 19.9 Å². The molecule has 0 bridgehead atoms. The van der Waals surface area contributed by atoms with Gasteiger partial charge in [-0.15, -0.1) is 0 Å². The Bertz CT molecular complexity index is 409. The highest BCUT2D eigenvalue weighted by Crippen LogP contribution is 2.32. The molecular formula is C16H25BrO4. The van der Waals surface area contributed by atoms with Crippen LogP contribution in [0.1, 0.15) is 51.7 Å². The molecule has 4 nitrogen and oxygen atoms in total. The van der Waals surface area contributed by atoms with E-state index in [-0.39, 0.29) is 4.32 Å². The quantitative estimate of drug-likeness (QED) is 0.298. The van der Waals surface area contributed by atoms with E-state index in [4.69, 9.17) is 15.0 Å². The average Bonchev–Trinajstić information content (AvgIpc) is 2.42. The molecule has 0 saturated heterocycles. The average molecular weight is 361 g/mol. The normalized spacial score (nSPS) is 12.7. The standard InChI is InChI=1S/C16H25BrO4/c1-15(2,17)13-7-9-14(10-8-13)16(3,4)21-20-12-6-5-11-19-18/h7-10,18H,5-6,11-12H2,1-4H3. The molecule has 0 radical (unpaired) electrons. The summed E-state index contributed by atoms with van der Waals surface area (Å²) in [7, 11) is 0. The lowest BCUT2D eigenvalue weighted by molar-refractivity contribution is -0.359. The van der Waals surface area contributed by atoms with Gasteiger partial charge in [-0.05, 0) is 51.7 Å². The van der Waals surface area contributed by atoms with Crippen molar-refractivity contribution in [2.75, 3.05) is 13.2 Å². The van der Waals surface area contributed by atoms with Gasteiger partial charge in [0.15, 0.2) is 0 Å². The van der Waals surface area contributed by atoms with Gasteiger partial charge in [0.2, 0.25) is 0 Å². The van der Waals surface area contributed by atoms with Crippen molar-refractivity contribution in [3.63, 3.8) is 0 Å². The second-order valence-corrected chi connectivity index (χ2v) is 7.99. The highest BCUT2D eigenvalue weighted by Gasteiger charge is 2.24. The molecule has 5 heteroatoms. The summed E-state index contributed by atoms with van der Waals surface area (Å²) in [5.74, 6) is 0. The molecule has 0 aliphatic carbocycles. The maximum absolute atomic E-state index is 8.20. The fourth-order valence-electron chi connectivity index (χ4n) is 1.83. The smallest absolute Gasteiger partial charge is 0.123 e. The first kappa shape index (κ1) is 18.6. The van der Waals surface area contributed by atoms with Crippen LogP contribution >= 0.6 is 15.9 Å². The maximum Gasteiger partial charge on any atom is 0.123 e. The van der Waals surface area contributed by atoms with Crippen LogP contribution in [0, 0.1) is 0 Å². The van der Waals surface area contributed by atoms with Gasteiger partial charge in [-0.1, -0.05) is 40.2 Å². The van der Waals surface area contributed by atoms with Crippen molar-refractivity contribution in [2.45, 2.75) is 50.5 Å². The lowest BCUT2D eigenvalue weighted by atomic mass is 9.94. The Morgan fingerprint density at radius 3 is 2.00 bits per heavy atom. The van der Waals surface area contributed by atoms with Gasteiger partial charge < -0.3 is 0 Å². The summed E-state index contributed by atoms with van der Waals surface area (Å²) in [5.41, 5.74) is 1.76. The predicted octanol–water partition coefficient (Wildman–Crippen LogP) is 4.77. The summed E-state index contributed by atoms with van der Waals surface area (Å²) in [6.07, 6.45) is 1.50. The molecule has 1 aromatic rings. The molecule has 0 aliphatic rings. The molecule has 0 spiro atoms. The number of unbranched alkanes of at least 4 members (excludes halogenated alkanes) is 1. The van der Waals surface area contributed by atoms with Crippen LogP contribution < -0.4 is 0 Å². The second-order valence-electron chi connectivity index (χ2n) is 6.01. The van der Waals surface area contributed by atoms with Crippen LogP contribution in [0.2, 0.25) is 0 Å². The number of alkyl halides is 1. The van der Waals surface area contributed by atoms with Crippen LogP contribution in [0.25, 0.3) is 0 Å². The van der Waals surface area contributed by atoms with Crippen LogP contribution in [0.5, 0.6) is 0 Å². The second kappa shape index (κ2) is 8.25. The fourth-order valence-corrected chi connectivity index (χ4v) is 2.10. The molecule has 0 amide bonds. The van der Waals surface area contributed by atoms with Crippen molar-refractivity contribution in [2.24, 2.45) is 0 Å². The van der Waals surface area contributed by atoms with Gasteiger partial charge in [0.25, 0.3) is 0 Å². The summed E-state index contributed by atoms with van der Waals surface area (Å²) in [6.45, 7) is 8.96. The molecule has 1 aromatic carbocycles. The molecule has 0 heterocycles. The van der Waals surface area contributed by atoms with Gasteiger partial charge in [-0.25, -0.2) is 14.7 Å². The van der Waals surface area contributed by atoms with Crippen molar-refractivity contribution in [1.82, 2.24) is 0 Å². The number of halogens is 1. The Labute approximate surface area is 135 Å². The zero-order valence-electron chi connectivity index (χ0n) is 13.2. The van der Waals surface area contributed by atoms with Crippen molar-refractivity contribution in [1.29, 1.82) is 0 Å². The van der Waals surface area contributed by atoms with E-state index in [0.29, 0.717) is 13.2 Å². The van der Waals surface area contributed by atoms with Crippen LogP contribution in [-0.4, -0.2) is 18.5 Å². The summed E-state index contributed by atoms with van der Waals surface area (Å²) in [5, 5.41) is 8.20. The molecule has 21 heavy (non-hydrogen) atoms. The first-order chi connectivity index (χ1) is 9.77. The van der Waals surface area contributed by atoms with Crippen molar-refractivity contribution in [3.8, 4) is 0 Å². The van der Waals surface area contributed by atoms with Crippen LogP contribution in [0.3, 0.4) is 0 Å². The molecule has 0 saturated carbocycles. The SMILES string of the molecule is CC(C)(Br)c1ccc(C(C)(C)OOCCCCOO)cc1. The van der Waals surface area contributed by atoms with Gasteiger partial charge in [0.05, 0.1) is 13.2 Å². The lowest BCUT2D eigenvalue weighted by Crippen LogP contribution is -2.22. The number of hydrogen-bond donors (Lipinski definition) is 1. The Balaban J connectivity index is 2.50. The zero-order chi connectivity index (χ0) is 15.9. The fraction of sp³-hybridized carbons (Fsp3) is 0.625. The highest BCUT2D eigenvalue weighted by molar-refractivity contribution is 9.09. The van der Waals surface area contributed by atoms with Crippen molar-refractivity contribution in [3.05, 3.63) is 35.4 Å². The zero-order valence-corrected chi connectivity index (χ0v) is 14.8. The van der Waals surface area contributed by atoms with Gasteiger partial charge in [-0.3, -0.25) is 5.26 Å². The number of hydrogen-bond acceptors (Lipinski definition) is 4. The third-order valence-electron chi connectivity index (χ3n) is 3.25. The first-order valence-electron chi connectivity index (χ1n) is 7.14. The minimum absolute atomic E-state index is 0.0399. The number of rotatable bonds is 9. The molecule has 0 unspecified atom stereocenters. The molecule has 0 aromatic heterocycles. The molecule has 0 aliphatic heterocycles. The van der Waals surface area contributed by atoms with Crippen LogP contribution in [0.15, 0.2) is 24.3 Å². The van der Waals surface area contributed by atoms with Gasteiger partial charge in [-0.2, -0.15) is 0 Å². The molecule has 0 fully saturated rings. The Hall–Kier alpha value is -0.460. The maximum atomic E-state index is 8.20. The Morgan fingerprint density at radius 1 is 0.952 bits per heavy atom. The highest BCUT2D eigenvalue weighted by atomic mass is 79.9. The van der Waals surface area contributed by atoms with Crippen LogP contribution in [-0.2, 0) is 24.6 Å². The minimum atomic E-state index is -0.511. The van der Waals surface area contributed by atoms with Gasteiger partial charge in [0.1, 0.15) is 5.60 Å². The molecule has 120 valence electrons. The van der Waals surface area contributed by atoms with Gasteiger partial charge in [0, 0.05) is 4.32 Å². The summed E-state index contributed by atoms with van der Waals surface area (Å²) in [6, 6.07) is 8.30. The Kier molecular flexibility index (Phi) is 7.30. The van der Waals surface area contributed by atoms with E-state index in [0.717, 1.165) is 18.4 Å². The van der Waals surface area contributed by atoms with E-state index in [1.807, 2.05) is 13.8 Å². The number of benzene rings is 1. The molecule has 1 rings (SSSR count). The molecule has 1 N–H and O–H groups in total. The van der Waals surface area contributed by atoms with Crippen molar-refractivity contribution >= 4 is 15.9 Å². The summed E-state index contributed by atoms with van der Waals surface area (Å²) < 4.78 is -0.0399. The van der Waals surface area contributed by atoms with E-state index in [1.54, 1.807) is 0 Å². The Morgan fingerprint density at radius 2 is 1.48 bits per heavy atom. The van der Waals surface area contributed by atoms with E-state index in [2.05, 4.69) is 58.9 Å². The van der Waals surface area contributed by atoms with E-state index in [1.165, 1.54) is 5.56 Å². The summed E-state index contributed by atoms with van der Waals surface area (Å²) in [4.78, 5) is 14.8. The summed E-state index contributed by atoms with van der Waals surface area (Å²) >= 11 is 3.65. The largest absolute Gasteiger partial charge is 0.252 e. The lowest BCUT2D eigenvalue weighted by Gasteiger charge is -2.25. The minimum Gasteiger partial charge on any atom is -0.252 e. The predicted molar refractivity (Wildman–Crippen MR) is 86.3 cm³/mol. The monoisotopic (exact) mass is 360 g/mol. The van der Waals surface area contributed by atoms with Gasteiger partial charge >= 0.3 is 0 Å². The third-order valence-corrected chi connectivity index (χ3v) is 3.70. The van der Waals surface area contributed by atoms with E-state index in [9.17, 15) is 0 Å².